The molecule has 0 radical (unpaired) electrons. The fourth-order valence-electron chi connectivity index (χ4n) is 3.39. The zero-order valence-electron chi connectivity index (χ0n) is 14.7. The highest BCUT2D eigenvalue weighted by molar-refractivity contribution is 8.01. The molecule has 0 bridgehead atoms. The van der Waals surface area contributed by atoms with Crippen LogP contribution in [0.15, 0.2) is 59.1 Å². The van der Waals surface area contributed by atoms with E-state index in [9.17, 15) is 0 Å². The quantitative estimate of drug-likeness (QED) is 0.412. The Labute approximate surface area is 171 Å². The number of nitrogens with zero attached hydrogens (tertiary/aromatic N) is 2. The summed E-state index contributed by atoms with van der Waals surface area (Å²) in [6, 6.07) is 15.1. The molecule has 3 heterocycles. The number of thiazole rings is 1. The number of hydrogen-bond acceptors (Lipinski definition) is 6. The summed E-state index contributed by atoms with van der Waals surface area (Å²) < 4.78 is 1.21. The summed E-state index contributed by atoms with van der Waals surface area (Å²) in [4.78, 5) is 10.3. The lowest BCUT2D eigenvalue weighted by molar-refractivity contribution is 0.785. The summed E-state index contributed by atoms with van der Waals surface area (Å²) in [6.07, 6.45) is 4.48. The summed E-state index contributed by atoms with van der Waals surface area (Å²) >= 11 is 5.77. The number of nitrogens with one attached hydrogen (secondary N) is 1. The van der Waals surface area contributed by atoms with Crippen LogP contribution in [0.1, 0.15) is 12.8 Å². The number of rotatable bonds is 4. The Hall–Kier alpha value is -1.76. The van der Waals surface area contributed by atoms with Crippen LogP contribution in [-0.4, -0.2) is 26.7 Å². The van der Waals surface area contributed by atoms with Crippen LogP contribution in [-0.2, 0) is 0 Å². The average molecular weight is 410 g/mol. The van der Waals surface area contributed by atoms with E-state index in [1.807, 2.05) is 23.5 Å². The van der Waals surface area contributed by atoms with Crippen molar-refractivity contribution in [2.45, 2.75) is 23.0 Å². The molecule has 136 valence electrons. The highest BCUT2D eigenvalue weighted by Crippen LogP contribution is 2.36. The molecule has 0 amide bonds. The van der Waals surface area contributed by atoms with Gasteiger partial charge in [0.15, 0.2) is 0 Å². The van der Waals surface area contributed by atoms with Gasteiger partial charge in [-0.2, -0.15) is 11.8 Å². The minimum absolute atomic E-state index is 0.740. The highest BCUT2D eigenvalue weighted by atomic mass is 32.2. The number of aromatic nitrogens is 2. The Morgan fingerprint density at radius 1 is 0.963 bits per heavy atom. The van der Waals surface area contributed by atoms with Crippen LogP contribution in [0, 0.1) is 0 Å². The van der Waals surface area contributed by atoms with Crippen LogP contribution < -0.4 is 5.32 Å². The maximum atomic E-state index is 4.55. The molecule has 4 aromatic rings. The molecule has 1 aliphatic rings. The van der Waals surface area contributed by atoms with E-state index in [-0.39, 0.29) is 0 Å². The van der Waals surface area contributed by atoms with E-state index in [2.05, 4.69) is 69.5 Å². The number of fused-ring (bicyclic) bond motifs is 2. The first kappa shape index (κ1) is 17.3. The largest absolute Gasteiger partial charge is 0.355 e. The summed E-state index contributed by atoms with van der Waals surface area (Å²) in [5.74, 6) is 2.58. The topological polar surface area (TPSA) is 37.8 Å². The lowest BCUT2D eigenvalue weighted by Gasteiger charge is -2.21. The normalized spacial score (nSPS) is 15.4. The molecule has 3 nitrogen and oxygen atoms in total. The summed E-state index contributed by atoms with van der Waals surface area (Å²) in [7, 11) is 0. The molecular weight excluding hydrogens is 390 g/mol. The zero-order valence-corrected chi connectivity index (χ0v) is 17.2. The van der Waals surface area contributed by atoms with Crippen molar-refractivity contribution in [1.29, 1.82) is 0 Å². The van der Waals surface area contributed by atoms with Crippen LogP contribution in [0.4, 0.5) is 11.4 Å². The van der Waals surface area contributed by atoms with Crippen LogP contribution in [0.25, 0.3) is 21.1 Å². The second-order valence-electron chi connectivity index (χ2n) is 6.63. The Balaban J connectivity index is 1.46. The van der Waals surface area contributed by atoms with E-state index in [4.69, 9.17) is 0 Å². The number of benzene rings is 2. The van der Waals surface area contributed by atoms with Gasteiger partial charge in [-0.05, 0) is 66.8 Å². The van der Waals surface area contributed by atoms with Crippen molar-refractivity contribution in [2.24, 2.45) is 0 Å². The Morgan fingerprint density at radius 2 is 1.89 bits per heavy atom. The standard InChI is InChI=1S/C21H19N3S3/c1-4-21-20(23-13-26-21)11-14(1)24-19-5-8-22-18-3-2-16(12-17(18)19)27-15-6-9-25-10-7-15/h1-5,8,11-13,15H,6-7,9-10H2,(H,22,24). The van der Waals surface area contributed by atoms with Crippen molar-refractivity contribution in [3.8, 4) is 0 Å². The van der Waals surface area contributed by atoms with Gasteiger partial charge < -0.3 is 5.32 Å². The SMILES string of the molecule is c1cc(Nc2ccc3scnc3c2)c2cc(SC3CCSCC3)ccc2n1. The van der Waals surface area contributed by atoms with Gasteiger partial charge in [-0.3, -0.25) is 4.98 Å². The number of anilines is 2. The van der Waals surface area contributed by atoms with Gasteiger partial charge in [-0.1, -0.05) is 0 Å². The third kappa shape index (κ3) is 3.79. The van der Waals surface area contributed by atoms with Crippen molar-refractivity contribution in [2.75, 3.05) is 16.8 Å². The smallest absolute Gasteiger partial charge is 0.0832 e. The molecule has 0 aliphatic carbocycles. The first-order valence-corrected chi connectivity index (χ1v) is 12.0. The third-order valence-electron chi connectivity index (χ3n) is 4.79. The Morgan fingerprint density at radius 3 is 2.81 bits per heavy atom. The zero-order chi connectivity index (χ0) is 18.1. The van der Waals surface area contributed by atoms with Crippen molar-refractivity contribution in [1.82, 2.24) is 9.97 Å². The molecule has 0 atom stereocenters. The molecule has 1 N–H and O–H groups in total. The van der Waals surface area contributed by atoms with Gasteiger partial charge in [0.1, 0.15) is 0 Å². The third-order valence-corrected chi connectivity index (χ3v) is 7.98. The number of pyridine rings is 1. The summed E-state index contributed by atoms with van der Waals surface area (Å²) in [5.41, 5.74) is 6.11. The minimum Gasteiger partial charge on any atom is -0.355 e. The van der Waals surface area contributed by atoms with Gasteiger partial charge in [0, 0.05) is 33.1 Å². The van der Waals surface area contributed by atoms with E-state index in [0.29, 0.717) is 0 Å². The predicted molar refractivity (Wildman–Crippen MR) is 121 cm³/mol. The fraction of sp³-hybridized carbons (Fsp3) is 0.238. The number of thioether (sulfide) groups is 2. The first-order chi connectivity index (χ1) is 13.3. The van der Waals surface area contributed by atoms with Gasteiger partial charge in [0.2, 0.25) is 0 Å². The maximum absolute atomic E-state index is 4.55. The molecule has 1 saturated heterocycles. The molecule has 2 aromatic heterocycles. The first-order valence-electron chi connectivity index (χ1n) is 9.09. The monoisotopic (exact) mass is 409 g/mol. The molecule has 27 heavy (non-hydrogen) atoms. The van der Waals surface area contributed by atoms with E-state index >= 15 is 0 Å². The molecule has 1 aliphatic heterocycles. The summed E-state index contributed by atoms with van der Waals surface area (Å²) in [6.45, 7) is 0. The molecule has 0 saturated carbocycles. The molecular formula is C21H19N3S3. The van der Waals surface area contributed by atoms with Crippen LogP contribution >= 0.6 is 34.9 Å². The van der Waals surface area contributed by atoms with Gasteiger partial charge in [0.05, 0.1) is 21.2 Å². The average Bonchev–Trinajstić information content (AvgIpc) is 3.17. The van der Waals surface area contributed by atoms with Gasteiger partial charge in [-0.15, -0.1) is 23.1 Å². The van der Waals surface area contributed by atoms with Crippen molar-refractivity contribution in [3.05, 3.63) is 54.2 Å². The molecule has 2 aromatic carbocycles. The lowest BCUT2D eigenvalue weighted by atomic mass is 10.2. The van der Waals surface area contributed by atoms with E-state index in [1.54, 1.807) is 11.3 Å². The van der Waals surface area contributed by atoms with Crippen LogP contribution in [0.3, 0.4) is 0 Å². The highest BCUT2D eigenvalue weighted by Gasteiger charge is 2.15. The maximum Gasteiger partial charge on any atom is 0.0832 e. The second kappa shape index (κ2) is 7.70. The van der Waals surface area contributed by atoms with Gasteiger partial charge in [-0.25, -0.2) is 4.98 Å². The van der Waals surface area contributed by atoms with Gasteiger partial charge in [0.25, 0.3) is 0 Å². The second-order valence-corrected chi connectivity index (χ2v) is 10.1. The van der Waals surface area contributed by atoms with E-state index in [1.165, 1.54) is 39.3 Å². The van der Waals surface area contributed by atoms with E-state index in [0.717, 1.165) is 27.7 Å². The predicted octanol–water partition coefficient (Wildman–Crippen LogP) is 6.58. The molecule has 5 rings (SSSR count). The number of hydrogen-bond donors (Lipinski definition) is 1. The fourth-order valence-corrected chi connectivity index (χ4v) is 6.64. The summed E-state index contributed by atoms with van der Waals surface area (Å²) in [5, 5.41) is 5.48. The molecule has 0 unspecified atom stereocenters. The van der Waals surface area contributed by atoms with Gasteiger partial charge >= 0.3 is 0 Å². The Bertz CT molecular complexity index is 1090. The lowest BCUT2D eigenvalue weighted by Crippen LogP contribution is -2.11. The van der Waals surface area contributed by atoms with Crippen molar-refractivity contribution in [3.63, 3.8) is 0 Å². The molecule has 0 spiro atoms. The van der Waals surface area contributed by atoms with Crippen LogP contribution in [0.2, 0.25) is 0 Å². The Kier molecular flexibility index (Phi) is 4.95. The van der Waals surface area contributed by atoms with E-state index < -0.39 is 0 Å². The van der Waals surface area contributed by atoms with Crippen LogP contribution in [0.5, 0.6) is 0 Å². The van der Waals surface area contributed by atoms with Crippen molar-refractivity contribution < 1.29 is 0 Å². The molecule has 1 fully saturated rings. The molecule has 6 heteroatoms. The minimum atomic E-state index is 0.740. The van der Waals surface area contributed by atoms with Crippen molar-refractivity contribution >= 4 is 67.4 Å².